The van der Waals surface area contributed by atoms with Gasteiger partial charge in [0.1, 0.15) is 0 Å². The first kappa shape index (κ1) is 14.0. The van der Waals surface area contributed by atoms with Crippen molar-refractivity contribution < 1.29 is 4.79 Å². The van der Waals surface area contributed by atoms with Gasteiger partial charge in [-0.1, -0.05) is 6.07 Å². The van der Waals surface area contributed by atoms with Crippen molar-refractivity contribution in [1.82, 2.24) is 14.9 Å². The first-order chi connectivity index (χ1) is 9.70. The maximum absolute atomic E-state index is 11.9. The molecule has 0 bridgehead atoms. The predicted octanol–water partition coefficient (Wildman–Crippen LogP) is 1.24. The number of hydrogen-bond acceptors (Lipinski definition) is 3. The van der Waals surface area contributed by atoms with Crippen LogP contribution in [0.4, 0.5) is 0 Å². The van der Waals surface area contributed by atoms with Gasteiger partial charge in [0.2, 0.25) is 0 Å². The van der Waals surface area contributed by atoms with Crippen LogP contribution in [0.1, 0.15) is 23.0 Å². The first-order valence-electron chi connectivity index (χ1n) is 6.59. The van der Waals surface area contributed by atoms with E-state index in [9.17, 15) is 9.59 Å². The molecule has 1 N–H and O–H groups in total. The standard InChI is InChI=1S/C15H17N3O2/c1-2-18-10-7-12(11-14(18)19)15(20)17-9-6-13-5-3-4-8-16-13/h3-5,7-8,10-11H,2,6,9H2,1H3,(H,17,20). The van der Waals surface area contributed by atoms with E-state index in [1.807, 2.05) is 25.1 Å². The summed E-state index contributed by atoms with van der Waals surface area (Å²) in [6.07, 6.45) is 4.02. The summed E-state index contributed by atoms with van der Waals surface area (Å²) in [5.41, 5.74) is 1.15. The van der Waals surface area contributed by atoms with Gasteiger partial charge in [-0.05, 0) is 25.1 Å². The summed E-state index contributed by atoms with van der Waals surface area (Å²) < 4.78 is 1.55. The van der Waals surface area contributed by atoms with Crippen LogP contribution in [0.3, 0.4) is 0 Å². The van der Waals surface area contributed by atoms with Crippen LogP contribution in [-0.2, 0) is 13.0 Å². The summed E-state index contributed by atoms with van der Waals surface area (Å²) in [5.74, 6) is -0.235. The van der Waals surface area contributed by atoms with Crippen LogP contribution in [0.2, 0.25) is 0 Å². The number of carbonyl (C=O) groups excluding carboxylic acids is 1. The number of amides is 1. The number of nitrogens with zero attached hydrogens (tertiary/aromatic N) is 2. The third kappa shape index (κ3) is 3.54. The fraction of sp³-hybridized carbons (Fsp3) is 0.267. The van der Waals surface area contributed by atoms with Gasteiger partial charge in [0.25, 0.3) is 11.5 Å². The van der Waals surface area contributed by atoms with Crippen LogP contribution in [0.15, 0.2) is 47.5 Å². The molecule has 2 aromatic rings. The SMILES string of the molecule is CCn1ccc(C(=O)NCCc2ccccn2)cc1=O. The Hall–Kier alpha value is -2.43. The molecule has 2 aromatic heterocycles. The molecule has 0 saturated carbocycles. The fourth-order valence-corrected chi connectivity index (χ4v) is 1.86. The van der Waals surface area contributed by atoms with E-state index in [1.54, 1.807) is 23.0 Å². The zero-order valence-corrected chi connectivity index (χ0v) is 11.4. The van der Waals surface area contributed by atoms with Gasteiger partial charge in [-0.25, -0.2) is 0 Å². The molecule has 0 spiro atoms. The highest BCUT2D eigenvalue weighted by Gasteiger charge is 2.06. The molecule has 20 heavy (non-hydrogen) atoms. The number of nitrogens with one attached hydrogen (secondary N) is 1. The molecule has 0 aromatic carbocycles. The predicted molar refractivity (Wildman–Crippen MR) is 76.7 cm³/mol. The second-order valence-corrected chi connectivity index (χ2v) is 4.37. The second-order valence-electron chi connectivity index (χ2n) is 4.37. The third-order valence-corrected chi connectivity index (χ3v) is 2.99. The summed E-state index contributed by atoms with van der Waals surface area (Å²) in [5, 5.41) is 2.79. The van der Waals surface area contributed by atoms with Gasteiger partial charge in [-0.2, -0.15) is 0 Å². The molecule has 5 heteroatoms. The lowest BCUT2D eigenvalue weighted by Gasteiger charge is -2.06. The van der Waals surface area contributed by atoms with E-state index in [0.29, 0.717) is 25.1 Å². The van der Waals surface area contributed by atoms with Gasteiger partial charge in [0.15, 0.2) is 0 Å². The molecule has 5 nitrogen and oxygen atoms in total. The van der Waals surface area contributed by atoms with Gasteiger partial charge in [0, 0.05) is 49.2 Å². The van der Waals surface area contributed by atoms with Crippen molar-refractivity contribution in [3.8, 4) is 0 Å². The van der Waals surface area contributed by atoms with Gasteiger partial charge in [-0.15, -0.1) is 0 Å². The molecular formula is C15H17N3O2. The molecule has 0 aliphatic carbocycles. The van der Waals surface area contributed by atoms with Crippen molar-refractivity contribution in [2.45, 2.75) is 19.9 Å². The molecule has 104 valence electrons. The summed E-state index contributed by atoms with van der Waals surface area (Å²) >= 11 is 0. The lowest BCUT2D eigenvalue weighted by atomic mass is 10.2. The lowest BCUT2D eigenvalue weighted by Crippen LogP contribution is -2.28. The first-order valence-corrected chi connectivity index (χ1v) is 6.59. The number of aryl methyl sites for hydroxylation is 1. The van der Waals surface area contributed by atoms with Crippen molar-refractivity contribution in [3.63, 3.8) is 0 Å². The molecule has 0 aliphatic heterocycles. The van der Waals surface area contributed by atoms with Crippen LogP contribution in [0.25, 0.3) is 0 Å². The maximum Gasteiger partial charge on any atom is 0.251 e. The van der Waals surface area contributed by atoms with E-state index in [1.165, 1.54) is 6.07 Å². The summed E-state index contributed by atoms with van der Waals surface area (Å²) in [6.45, 7) is 2.97. The summed E-state index contributed by atoms with van der Waals surface area (Å²) in [6, 6.07) is 8.69. The van der Waals surface area contributed by atoms with Crippen LogP contribution in [0, 0.1) is 0 Å². The second kappa shape index (κ2) is 6.65. The average molecular weight is 271 g/mol. The van der Waals surface area contributed by atoms with Gasteiger partial charge in [0.05, 0.1) is 0 Å². The normalized spacial score (nSPS) is 10.2. The number of carbonyl (C=O) groups is 1. The minimum Gasteiger partial charge on any atom is -0.352 e. The van der Waals surface area contributed by atoms with Crippen LogP contribution in [-0.4, -0.2) is 22.0 Å². The average Bonchev–Trinajstić information content (AvgIpc) is 2.48. The van der Waals surface area contributed by atoms with Crippen molar-refractivity contribution in [2.24, 2.45) is 0 Å². The van der Waals surface area contributed by atoms with Crippen molar-refractivity contribution in [1.29, 1.82) is 0 Å². The molecule has 0 atom stereocenters. The lowest BCUT2D eigenvalue weighted by molar-refractivity contribution is 0.0953. The quantitative estimate of drug-likeness (QED) is 0.889. The molecule has 0 aliphatic rings. The van der Waals surface area contributed by atoms with Crippen LogP contribution >= 0.6 is 0 Å². The van der Waals surface area contributed by atoms with Crippen molar-refractivity contribution in [2.75, 3.05) is 6.54 Å². The van der Waals surface area contributed by atoms with E-state index >= 15 is 0 Å². The summed E-state index contributed by atoms with van der Waals surface area (Å²) in [4.78, 5) is 27.7. The Bertz CT molecular complexity index is 635. The van der Waals surface area contributed by atoms with E-state index in [-0.39, 0.29) is 11.5 Å². The smallest absolute Gasteiger partial charge is 0.251 e. The highest BCUT2D eigenvalue weighted by atomic mass is 16.2. The van der Waals surface area contributed by atoms with Crippen LogP contribution < -0.4 is 10.9 Å². The Morgan fingerprint density at radius 1 is 1.35 bits per heavy atom. The Morgan fingerprint density at radius 3 is 2.85 bits per heavy atom. The Balaban J connectivity index is 1.92. The van der Waals surface area contributed by atoms with E-state index in [4.69, 9.17) is 0 Å². The molecule has 2 heterocycles. The van der Waals surface area contributed by atoms with E-state index in [2.05, 4.69) is 10.3 Å². The van der Waals surface area contributed by atoms with Gasteiger partial charge < -0.3 is 9.88 Å². The highest BCUT2D eigenvalue weighted by Crippen LogP contribution is 1.97. The van der Waals surface area contributed by atoms with Crippen molar-refractivity contribution >= 4 is 5.91 Å². The highest BCUT2D eigenvalue weighted by molar-refractivity contribution is 5.93. The minimum absolute atomic E-state index is 0.162. The van der Waals surface area contributed by atoms with Gasteiger partial charge in [-0.3, -0.25) is 14.6 Å². The Kier molecular flexibility index (Phi) is 4.65. The number of pyridine rings is 2. The third-order valence-electron chi connectivity index (χ3n) is 2.99. The zero-order valence-electron chi connectivity index (χ0n) is 11.4. The zero-order chi connectivity index (χ0) is 14.4. The van der Waals surface area contributed by atoms with Crippen molar-refractivity contribution in [3.05, 3.63) is 64.3 Å². The molecular weight excluding hydrogens is 254 g/mol. The number of hydrogen-bond donors (Lipinski definition) is 1. The van der Waals surface area contributed by atoms with E-state index in [0.717, 1.165) is 5.69 Å². The molecule has 0 unspecified atom stereocenters. The topological polar surface area (TPSA) is 64.0 Å². The molecule has 0 fully saturated rings. The Labute approximate surface area is 117 Å². The maximum atomic E-state index is 11.9. The molecule has 0 saturated heterocycles. The fourth-order valence-electron chi connectivity index (χ4n) is 1.86. The largest absolute Gasteiger partial charge is 0.352 e. The monoisotopic (exact) mass is 271 g/mol. The van der Waals surface area contributed by atoms with Gasteiger partial charge >= 0.3 is 0 Å². The molecule has 1 amide bonds. The number of aromatic nitrogens is 2. The van der Waals surface area contributed by atoms with Crippen LogP contribution in [0.5, 0.6) is 0 Å². The minimum atomic E-state index is -0.235. The van der Waals surface area contributed by atoms with E-state index < -0.39 is 0 Å². The molecule has 2 rings (SSSR count). The Morgan fingerprint density at radius 2 is 2.20 bits per heavy atom. The number of rotatable bonds is 5. The summed E-state index contributed by atoms with van der Waals surface area (Å²) in [7, 11) is 0. The molecule has 0 radical (unpaired) electrons.